The molecule has 1 atom stereocenters. The molecule has 1 saturated heterocycles. The molecule has 1 N–H and O–H groups in total. The Kier molecular flexibility index (Phi) is 5.17. The van der Waals surface area contributed by atoms with Crippen molar-refractivity contribution in [3.8, 4) is 28.1 Å². The van der Waals surface area contributed by atoms with E-state index in [4.69, 9.17) is 16.3 Å². The largest absolute Gasteiger partial charge is 0.497 e. The van der Waals surface area contributed by atoms with Gasteiger partial charge in [-0.15, -0.1) is 0 Å². The first-order valence-corrected chi connectivity index (χ1v) is 10.9. The molecule has 33 heavy (non-hydrogen) atoms. The average Bonchev–Trinajstić information content (AvgIpc) is 3.33. The quantitative estimate of drug-likeness (QED) is 0.598. The van der Waals surface area contributed by atoms with Gasteiger partial charge < -0.3 is 9.64 Å². The molecule has 1 fully saturated rings. The summed E-state index contributed by atoms with van der Waals surface area (Å²) in [5.41, 5.74) is 4.91. The predicted molar refractivity (Wildman–Crippen MR) is 122 cm³/mol. The highest BCUT2D eigenvalue weighted by molar-refractivity contribution is 6.31. The average molecular weight is 465 g/mol. The summed E-state index contributed by atoms with van der Waals surface area (Å²) in [7, 11) is 3.44. The van der Waals surface area contributed by atoms with Crippen LogP contribution < -0.4 is 10.1 Å². The first kappa shape index (κ1) is 21.2. The summed E-state index contributed by atoms with van der Waals surface area (Å²) in [4.78, 5) is 38.3. The van der Waals surface area contributed by atoms with Crippen LogP contribution in [0.2, 0.25) is 5.02 Å². The van der Waals surface area contributed by atoms with E-state index in [0.29, 0.717) is 29.3 Å². The topological polar surface area (TPSA) is 93.5 Å². The number of piperidine rings is 1. The molecule has 0 spiro atoms. The van der Waals surface area contributed by atoms with Crippen LogP contribution in [0.1, 0.15) is 28.8 Å². The molecular weight excluding hydrogens is 444 g/mol. The van der Waals surface area contributed by atoms with Crippen molar-refractivity contribution in [1.82, 2.24) is 20.0 Å². The van der Waals surface area contributed by atoms with Gasteiger partial charge in [-0.25, -0.2) is 0 Å². The number of carbonyl (C=O) groups excluding carboxylic acids is 3. The molecule has 3 heterocycles. The van der Waals surface area contributed by atoms with Crippen molar-refractivity contribution in [3.63, 3.8) is 0 Å². The minimum atomic E-state index is -0.640. The number of imide groups is 1. The highest BCUT2D eigenvalue weighted by Gasteiger charge is 2.39. The Morgan fingerprint density at radius 3 is 2.67 bits per heavy atom. The minimum Gasteiger partial charge on any atom is -0.497 e. The molecule has 5 rings (SSSR count). The van der Waals surface area contributed by atoms with Gasteiger partial charge in [-0.1, -0.05) is 17.7 Å². The van der Waals surface area contributed by atoms with Gasteiger partial charge >= 0.3 is 0 Å². The zero-order valence-electron chi connectivity index (χ0n) is 18.1. The molecule has 2 aromatic carbocycles. The number of carbonyl (C=O) groups is 3. The second kappa shape index (κ2) is 8.04. The van der Waals surface area contributed by atoms with Crippen LogP contribution in [-0.2, 0) is 23.2 Å². The van der Waals surface area contributed by atoms with Gasteiger partial charge in [0.05, 0.1) is 19.0 Å². The number of aryl methyl sites for hydroxylation is 1. The van der Waals surface area contributed by atoms with Crippen molar-refractivity contribution in [1.29, 1.82) is 0 Å². The second-order valence-electron chi connectivity index (χ2n) is 8.18. The molecule has 0 radical (unpaired) electrons. The molecule has 2 aliphatic rings. The summed E-state index contributed by atoms with van der Waals surface area (Å²) < 4.78 is 7.14. The number of benzene rings is 2. The standard InChI is InChI=1S/C24H21ClN4O4/c1-28-22(14-8-16(25)10-17(9-14)33-2)19(11-26-28)13-3-4-18-15(7-13)12-29(24(18)32)20-5-6-21(30)27-23(20)31/h3-4,7-11,20H,5-6,12H2,1-2H3,(H,27,30,31). The van der Waals surface area contributed by atoms with E-state index in [1.165, 1.54) is 0 Å². The lowest BCUT2D eigenvalue weighted by molar-refractivity contribution is -0.136. The van der Waals surface area contributed by atoms with Crippen LogP contribution in [0.4, 0.5) is 0 Å². The molecule has 168 valence electrons. The fourth-order valence-corrected chi connectivity index (χ4v) is 4.78. The monoisotopic (exact) mass is 464 g/mol. The van der Waals surface area contributed by atoms with Crippen molar-refractivity contribution in [3.05, 3.63) is 58.7 Å². The van der Waals surface area contributed by atoms with E-state index in [2.05, 4.69) is 10.4 Å². The van der Waals surface area contributed by atoms with Gasteiger partial charge in [0, 0.05) is 41.7 Å². The number of hydrogen-bond donors (Lipinski definition) is 1. The fourth-order valence-electron chi connectivity index (χ4n) is 4.55. The van der Waals surface area contributed by atoms with E-state index in [9.17, 15) is 14.4 Å². The summed E-state index contributed by atoms with van der Waals surface area (Å²) >= 11 is 6.29. The van der Waals surface area contributed by atoms with E-state index in [1.807, 2.05) is 31.3 Å². The number of methoxy groups -OCH3 is 1. The fraction of sp³-hybridized carbons (Fsp3) is 0.250. The van der Waals surface area contributed by atoms with Gasteiger partial charge in [0.2, 0.25) is 11.8 Å². The normalized spacial score (nSPS) is 17.8. The van der Waals surface area contributed by atoms with Crippen LogP contribution in [0, 0.1) is 0 Å². The molecule has 1 unspecified atom stereocenters. The Balaban J connectivity index is 1.50. The lowest BCUT2D eigenvalue weighted by atomic mass is 9.98. The first-order valence-electron chi connectivity index (χ1n) is 10.5. The molecule has 0 saturated carbocycles. The van der Waals surface area contributed by atoms with Crippen LogP contribution in [0.3, 0.4) is 0 Å². The molecule has 1 aromatic heterocycles. The van der Waals surface area contributed by atoms with E-state index in [0.717, 1.165) is 27.9 Å². The molecule has 9 heteroatoms. The first-order chi connectivity index (χ1) is 15.9. The zero-order valence-corrected chi connectivity index (χ0v) is 18.8. The van der Waals surface area contributed by atoms with E-state index in [-0.39, 0.29) is 18.2 Å². The Bertz CT molecular complexity index is 1320. The Hall–Kier alpha value is -3.65. The van der Waals surface area contributed by atoms with E-state index >= 15 is 0 Å². The van der Waals surface area contributed by atoms with Crippen molar-refractivity contribution in [2.75, 3.05) is 7.11 Å². The molecule has 3 amide bonds. The Morgan fingerprint density at radius 1 is 1.09 bits per heavy atom. The summed E-state index contributed by atoms with van der Waals surface area (Å²) in [6.45, 7) is 0.314. The number of aromatic nitrogens is 2. The lowest BCUT2D eigenvalue weighted by Crippen LogP contribution is -2.52. The number of fused-ring (bicyclic) bond motifs is 1. The third-order valence-electron chi connectivity index (χ3n) is 6.15. The molecule has 0 bridgehead atoms. The highest BCUT2D eigenvalue weighted by atomic mass is 35.5. The van der Waals surface area contributed by atoms with Gasteiger partial charge in [0.15, 0.2) is 0 Å². The number of rotatable bonds is 4. The van der Waals surface area contributed by atoms with Crippen molar-refractivity contribution < 1.29 is 19.1 Å². The summed E-state index contributed by atoms with van der Waals surface area (Å²) in [5, 5.41) is 7.32. The molecular formula is C24H21ClN4O4. The van der Waals surface area contributed by atoms with Gasteiger partial charge in [0.25, 0.3) is 5.91 Å². The Morgan fingerprint density at radius 2 is 1.91 bits per heavy atom. The Labute approximate surface area is 195 Å². The highest BCUT2D eigenvalue weighted by Crippen LogP contribution is 2.37. The molecule has 3 aromatic rings. The maximum atomic E-state index is 13.0. The van der Waals surface area contributed by atoms with Crippen molar-refractivity contribution >= 4 is 29.3 Å². The van der Waals surface area contributed by atoms with Crippen LogP contribution >= 0.6 is 11.6 Å². The molecule has 8 nitrogen and oxygen atoms in total. The number of nitrogens with zero attached hydrogens (tertiary/aromatic N) is 3. The summed E-state index contributed by atoms with van der Waals surface area (Å²) in [6, 6.07) is 10.5. The zero-order chi connectivity index (χ0) is 23.3. The molecule has 2 aliphatic heterocycles. The summed E-state index contributed by atoms with van der Waals surface area (Å²) in [6.07, 6.45) is 2.34. The number of ether oxygens (including phenoxy) is 1. The smallest absolute Gasteiger partial charge is 0.255 e. The number of halogens is 1. The van der Waals surface area contributed by atoms with Crippen LogP contribution in [0.15, 0.2) is 42.6 Å². The number of amides is 3. The third kappa shape index (κ3) is 3.66. The molecule has 0 aliphatic carbocycles. The van der Waals surface area contributed by atoms with Gasteiger partial charge in [0.1, 0.15) is 11.8 Å². The predicted octanol–water partition coefficient (Wildman–Crippen LogP) is 3.18. The minimum absolute atomic E-state index is 0.197. The maximum Gasteiger partial charge on any atom is 0.255 e. The lowest BCUT2D eigenvalue weighted by Gasteiger charge is -2.29. The van der Waals surface area contributed by atoms with Gasteiger partial charge in [-0.05, 0) is 47.9 Å². The van der Waals surface area contributed by atoms with Gasteiger partial charge in [-0.3, -0.25) is 24.4 Å². The second-order valence-corrected chi connectivity index (χ2v) is 8.62. The van der Waals surface area contributed by atoms with Crippen LogP contribution in [-0.4, -0.2) is 45.6 Å². The van der Waals surface area contributed by atoms with Crippen molar-refractivity contribution in [2.24, 2.45) is 7.05 Å². The number of nitrogens with one attached hydrogen (secondary N) is 1. The van der Waals surface area contributed by atoms with Crippen LogP contribution in [0.25, 0.3) is 22.4 Å². The van der Waals surface area contributed by atoms with E-state index in [1.54, 1.807) is 35.0 Å². The number of hydrogen-bond acceptors (Lipinski definition) is 5. The van der Waals surface area contributed by atoms with Crippen molar-refractivity contribution in [2.45, 2.75) is 25.4 Å². The van der Waals surface area contributed by atoms with E-state index < -0.39 is 11.9 Å². The van der Waals surface area contributed by atoms with Gasteiger partial charge in [-0.2, -0.15) is 5.10 Å². The summed E-state index contributed by atoms with van der Waals surface area (Å²) in [5.74, 6) is -0.275. The SMILES string of the molecule is COc1cc(Cl)cc(-c2c(-c3ccc4c(c3)CN(C3CCC(=O)NC3=O)C4=O)cnn2C)c1. The maximum absolute atomic E-state index is 13.0. The van der Waals surface area contributed by atoms with Crippen LogP contribution in [0.5, 0.6) is 5.75 Å². The third-order valence-corrected chi connectivity index (χ3v) is 6.37.